The van der Waals surface area contributed by atoms with Crippen molar-refractivity contribution in [3.63, 3.8) is 0 Å². The molecule has 1 amide bonds. The summed E-state index contributed by atoms with van der Waals surface area (Å²) in [5.74, 6) is 0.483. The Kier molecular flexibility index (Phi) is 3.53. The second-order valence-electron chi connectivity index (χ2n) is 4.05. The Bertz CT molecular complexity index is 473. The zero-order valence-electron chi connectivity index (χ0n) is 9.50. The van der Waals surface area contributed by atoms with Gasteiger partial charge in [-0.1, -0.05) is 0 Å². The number of hydrogen-bond donors (Lipinski definition) is 1. The lowest BCUT2D eigenvalue weighted by Gasteiger charge is -2.32. The van der Waals surface area contributed by atoms with Crippen molar-refractivity contribution in [3.05, 3.63) is 35.1 Å². The number of carbonyl (C=O) groups excluding carboxylic acids is 1. The SMILES string of the molecule is NN1CCN(C(=O)c2ccc(F)c(F)c2F)CC1. The molecule has 1 aromatic rings. The third-order valence-corrected chi connectivity index (χ3v) is 2.87. The largest absolute Gasteiger partial charge is 0.336 e. The maximum absolute atomic E-state index is 13.4. The molecule has 7 heteroatoms. The summed E-state index contributed by atoms with van der Waals surface area (Å²) in [6.45, 7) is 1.57. The molecule has 0 radical (unpaired) electrons. The smallest absolute Gasteiger partial charge is 0.257 e. The predicted molar refractivity (Wildman–Crippen MR) is 58.0 cm³/mol. The second-order valence-corrected chi connectivity index (χ2v) is 4.05. The summed E-state index contributed by atoms with van der Waals surface area (Å²) in [6.07, 6.45) is 0. The Balaban J connectivity index is 2.21. The molecule has 0 saturated carbocycles. The molecule has 2 rings (SSSR count). The van der Waals surface area contributed by atoms with Crippen molar-refractivity contribution in [1.82, 2.24) is 9.91 Å². The molecule has 1 saturated heterocycles. The molecular formula is C11H12F3N3O. The van der Waals surface area contributed by atoms with Crippen LogP contribution in [0.3, 0.4) is 0 Å². The van der Waals surface area contributed by atoms with Gasteiger partial charge < -0.3 is 4.90 Å². The number of rotatable bonds is 1. The number of piperazine rings is 1. The average Bonchev–Trinajstić information content (AvgIpc) is 2.36. The van der Waals surface area contributed by atoms with E-state index in [9.17, 15) is 18.0 Å². The first-order valence-corrected chi connectivity index (χ1v) is 5.43. The zero-order valence-corrected chi connectivity index (χ0v) is 9.50. The summed E-state index contributed by atoms with van der Waals surface area (Å²) in [5, 5.41) is 1.53. The minimum absolute atomic E-state index is 0.327. The van der Waals surface area contributed by atoms with Crippen LogP contribution in [0.15, 0.2) is 12.1 Å². The molecule has 0 bridgehead atoms. The first-order chi connectivity index (χ1) is 8.50. The molecule has 0 atom stereocenters. The fraction of sp³-hybridized carbons (Fsp3) is 0.364. The summed E-state index contributed by atoms with van der Waals surface area (Å²) < 4.78 is 39.2. The van der Waals surface area contributed by atoms with E-state index < -0.39 is 28.9 Å². The van der Waals surface area contributed by atoms with Crippen LogP contribution in [0.5, 0.6) is 0 Å². The lowest BCUT2D eigenvalue weighted by atomic mass is 10.1. The van der Waals surface area contributed by atoms with Crippen molar-refractivity contribution in [2.24, 2.45) is 5.84 Å². The second kappa shape index (κ2) is 4.95. The molecule has 4 nitrogen and oxygen atoms in total. The zero-order chi connectivity index (χ0) is 13.3. The average molecular weight is 259 g/mol. The van der Waals surface area contributed by atoms with E-state index in [0.717, 1.165) is 12.1 Å². The monoisotopic (exact) mass is 259 g/mol. The molecular weight excluding hydrogens is 247 g/mol. The van der Waals surface area contributed by atoms with E-state index in [0.29, 0.717) is 26.2 Å². The molecule has 0 unspecified atom stereocenters. The van der Waals surface area contributed by atoms with Gasteiger partial charge in [-0.05, 0) is 12.1 Å². The van der Waals surface area contributed by atoms with Gasteiger partial charge in [-0.2, -0.15) is 0 Å². The molecule has 1 aliphatic rings. The van der Waals surface area contributed by atoms with Gasteiger partial charge in [0.15, 0.2) is 17.5 Å². The van der Waals surface area contributed by atoms with Crippen molar-refractivity contribution in [1.29, 1.82) is 0 Å². The molecule has 0 aliphatic carbocycles. The highest BCUT2D eigenvalue weighted by atomic mass is 19.2. The summed E-state index contributed by atoms with van der Waals surface area (Å²) >= 11 is 0. The van der Waals surface area contributed by atoms with Crippen LogP contribution in [-0.2, 0) is 0 Å². The fourth-order valence-electron chi connectivity index (χ4n) is 1.79. The summed E-state index contributed by atoms with van der Waals surface area (Å²) in [6, 6.07) is 1.69. The molecule has 2 N–H and O–H groups in total. The van der Waals surface area contributed by atoms with Gasteiger partial charge in [0.2, 0.25) is 0 Å². The highest BCUT2D eigenvalue weighted by molar-refractivity contribution is 5.94. The lowest BCUT2D eigenvalue weighted by molar-refractivity contribution is 0.0632. The molecule has 1 heterocycles. The quantitative estimate of drug-likeness (QED) is 0.597. The van der Waals surface area contributed by atoms with Crippen molar-refractivity contribution < 1.29 is 18.0 Å². The van der Waals surface area contributed by atoms with Crippen molar-refractivity contribution in [2.75, 3.05) is 26.2 Å². The molecule has 1 fully saturated rings. The van der Waals surface area contributed by atoms with Gasteiger partial charge >= 0.3 is 0 Å². The summed E-state index contributed by atoms with van der Waals surface area (Å²) in [7, 11) is 0. The number of hydrazine groups is 1. The molecule has 98 valence electrons. The van der Waals surface area contributed by atoms with E-state index in [1.54, 1.807) is 0 Å². The predicted octanol–water partition coefficient (Wildman–Crippen LogP) is 0.735. The third-order valence-electron chi connectivity index (χ3n) is 2.87. The number of nitrogens with two attached hydrogens (primary N) is 1. The minimum Gasteiger partial charge on any atom is -0.336 e. The maximum atomic E-state index is 13.4. The van der Waals surface area contributed by atoms with Crippen LogP contribution in [0.4, 0.5) is 13.2 Å². The molecule has 0 spiro atoms. The van der Waals surface area contributed by atoms with E-state index in [1.807, 2.05) is 0 Å². The molecule has 1 aliphatic heterocycles. The van der Waals surface area contributed by atoms with Gasteiger partial charge in [0.05, 0.1) is 5.56 Å². The van der Waals surface area contributed by atoms with Gasteiger partial charge in [0.1, 0.15) is 0 Å². The van der Waals surface area contributed by atoms with Crippen LogP contribution in [0.25, 0.3) is 0 Å². The Hall–Kier alpha value is -1.60. The number of halogens is 3. The highest BCUT2D eigenvalue weighted by Gasteiger charge is 2.25. The van der Waals surface area contributed by atoms with Crippen LogP contribution in [0.2, 0.25) is 0 Å². The lowest BCUT2D eigenvalue weighted by Crippen LogP contribution is -2.51. The van der Waals surface area contributed by atoms with Gasteiger partial charge in [-0.15, -0.1) is 0 Å². The van der Waals surface area contributed by atoms with E-state index in [2.05, 4.69) is 0 Å². The summed E-state index contributed by atoms with van der Waals surface area (Å²) in [4.78, 5) is 13.3. The van der Waals surface area contributed by atoms with Crippen LogP contribution in [-0.4, -0.2) is 42.0 Å². The Morgan fingerprint density at radius 1 is 1.06 bits per heavy atom. The van der Waals surface area contributed by atoms with Gasteiger partial charge in [0.25, 0.3) is 5.91 Å². The van der Waals surface area contributed by atoms with Crippen LogP contribution >= 0.6 is 0 Å². The maximum Gasteiger partial charge on any atom is 0.257 e. The van der Waals surface area contributed by atoms with E-state index in [1.165, 1.54) is 9.91 Å². The number of nitrogens with zero attached hydrogens (tertiary/aromatic N) is 2. The molecule has 18 heavy (non-hydrogen) atoms. The van der Waals surface area contributed by atoms with E-state index in [-0.39, 0.29) is 0 Å². The van der Waals surface area contributed by atoms with Crippen LogP contribution in [0, 0.1) is 17.5 Å². The van der Waals surface area contributed by atoms with Gasteiger partial charge in [-0.3, -0.25) is 10.6 Å². The Labute approximate surface area is 102 Å². The van der Waals surface area contributed by atoms with Gasteiger partial charge in [-0.25, -0.2) is 18.2 Å². The number of carbonyl (C=O) groups is 1. The standard InChI is InChI=1S/C11H12F3N3O/c12-8-2-1-7(9(13)10(8)14)11(18)16-3-5-17(15)6-4-16/h1-2H,3-6,15H2. The first-order valence-electron chi connectivity index (χ1n) is 5.43. The minimum atomic E-state index is -1.63. The van der Waals surface area contributed by atoms with E-state index in [4.69, 9.17) is 5.84 Å². The van der Waals surface area contributed by atoms with Crippen LogP contribution < -0.4 is 5.84 Å². The number of amides is 1. The van der Waals surface area contributed by atoms with Crippen molar-refractivity contribution in [2.45, 2.75) is 0 Å². The fourth-order valence-corrected chi connectivity index (χ4v) is 1.79. The number of benzene rings is 1. The van der Waals surface area contributed by atoms with Crippen molar-refractivity contribution >= 4 is 5.91 Å². The van der Waals surface area contributed by atoms with Crippen molar-refractivity contribution in [3.8, 4) is 0 Å². The molecule has 0 aromatic heterocycles. The van der Waals surface area contributed by atoms with Crippen LogP contribution in [0.1, 0.15) is 10.4 Å². The Morgan fingerprint density at radius 3 is 2.28 bits per heavy atom. The highest BCUT2D eigenvalue weighted by Crippen LogP contribution is 2.17. The third kappa shape index (κ3) is 2.32. The number of hydrogen-bond acceptors (Lipinski definition) is 3. The molecule has 1 aromatic carbocycles. The normalized spacial score (nSPS) is 17.0. The van der Waals surface area contributed by atoms with Gasteiger partial charge in [0, 0.05) is 26.2 Å². The summed E-state index contributed by atoms with van der Waals surface area (Å²) in [5.41, 5.74) is -0.459. The van der Waals surface area contributed by atoms with E-state index >= 15 is 0 Å². The topological polar surface area (TPSA) is 49.6 Å². The first kappa shape index (κ1) is 12.8. The Morgan fingerprint density at radius 2 is 1.67 bits per heavy atom.